The molecule has 0 saturated heterocycles. The van der Waals surface area contributed by atoms with Gasteiger partial charge < -0.3 is 20.5 Å². The maximum atomic E-state index is 11.8. The molecule has 18 heavy (non-hydrogen) atoms. The van der Waals surface area contributed by atoms with Crippen molar-refractivity contribution in [3.05, 3.63) is 27.9 Å². The first-order valence-electron chi connectivity index (χ1n) is 5.69. The summed E-state index contributed by atoms with van der Waals surface area (Å²) in [5, 5.41) is 22.2. The number of nitrogens with one attached hydrogen (secondary N) is 2. The van der Waals surface area contributed by atoms with Crippen LogP contribution in [0, 0.1) is 16.0 Å². The highest BCUT2D eigenvalue weighted by Gasteiger charge is 2.19. The van der Waals surface area contributed by atoms with Crippen LogP contribution in [0.2, 0.25) is 0 Å². The van der Waals surface area contributed by atoms with Gasteiger partial charge in [-0.15, -0.1) is 0 Å². The molecule has 0 fully saturated rings. The van der Waals surface area contributed by atoms with E-state index in [1.165, 1.54) is 12.1 Å². The average Bonchev–Trinajstić information content (AvgIpc) is 2.76. The Hall–Kier alpha value is -1.89. The van der Waals surface area contributed by atoms with Gasteiger partial charge in [0.15, 0.2) is 5.69 Å². The summed E-state index contributed by atoms with van der Waals surface area (Å²) >= 11 is 0. The van der Waals surface area contributed by atoms with Crippen LogP contribution in [0.25, 0.3) is 0 Å². The van der Waals surface area contributed by atoms with Crippen molar-refractivity contribution in [1.29, 1.82) is 0 Å². The van der Waals surface area contributed by atoms with Gasteiger partial charge in [0.2, 0.25) is 0 Å². The van der Waals surface area contributed by atoms with Gasteiger partial charge in [-0.2, -0.15) is 0 Å². The van der Waals surface area contributed by atoms with E-state index >= 15 is 0 Å². The lowest BCUT2D eigenvalue weighted by atomic mass is 10.0. The zero-order valence-corrected chi connectivity index (χ0v) is 10.3. The van der Waals surface area contributed by atoms with Crippen molar-refractivity contribution in [2.24, 2.45) is 5.92 Å². The van der Waals surface area contributed by atoms with Crippen molar-refractivity contribution in [2.75, 3.05) is 6.61 Å². The minimum absolute atomic E-state index is 0.115. The molecule has 0 aliphatic carbocycles. The van der Waals surface area contributed by atoms with E-state index in [-0.39, 0.29) is 24.2 Å². The number of nitrogens with zero attached hydrogens (tertiary/aromatic N) is 1. The molecule has 0 aromatic carbocycles. The van der Waals surface area contributed by atoms with Gasteiger partial charge in [-0.25, -0.2) is 4.98 Å². The second-order valence-corrected chi connectivity index (χ2v) is 4.50. The summed E-state index contributed by atoms with van der Waals surface area (Å²) in [6.45, 7) is 3.80. The second kappa shape index (κ2) is 6.15. The third-order valence-electron chi connectivity index (χ3n) is 2.42. The number of aliphatic hydroxyl groups is 1. The van der Waals surface area contributed by atoms with Gasteiger partial charge in [0.1, 0.15) is 0 Å². The summed E-state index contributed by atoms with van der Waals surface area (Å²) in [6.07, 6.45) is 0.644. The largest absolute Gasteiger partial charge is 0.394 e. The molecule has 1 heterocycles. The third-order valence-corrected chi connectivity index (χ3v) is 2.42. The van der Waals surface area contributed by atoms with Crippen molar-refractivity contribution < 1.29 is 14.8 Å². The van der Waals surface area contributed by atoms with Crippen molar-refractivity contribution in [2.45, 2.75) is 26.3 Å². The summed E-state index contributed by atoms with van der Waals surface area (Å²) in [6, 6.07) is 2.22. The van der Waals surface area contributed by atoms with E-state index < -0.39 is 10.8 Å². The first kappa shape index (κ1) is 14.2. The molecule has 0 radical (unpaired) electrons. The topological polar surface area (TPSA) is 108 Å². The number of hydrogen-bond donors (Lipinski definition) is 3. The van der Waals surface area contributed by atoms with E-state index in [2.05, 4.69) is 10.3 Å². The number of carbonyl (C=O) groups is 1. The van der Waals surface area contributed by atoms with Crippen LogP contribution >= 0.6 is 0 Å². The molecule has 0 spiro atoms. The fourth-order valence-electron chi connectivity index (χ4n) is 1.63. The molecule has 100 valence electrons. The van der Waals surface area contributed by atoms with Gasteiger partial charge in [0.25, 0.3) is 5.91 Å². The summed E-state index contributed by atoms with van der Waals surface area (Å²) in [7, 11) is 0. The predicted octanol–water partition coefficient (Wildman–Crippen LogP) is 1.06. The standard InChI is InChI=1S/C11H17N3O4/c1-7(2)5-8(6-15)12-11(16)9-3-4-10(13-9)14(17)18/h3-4,7-8,13,15H,5-6H2,1-2H3,(H,12,16). The Bertz CT molecular complexity index is 428. The average molecular weight is 255 g/mol. The lowest BCUT2D eigenvalue weighted by Crippen LogP contribution is -2.38. The number of nitro groups is 1. The zero-order chi connectivity index (χ0) is 13.7. The number of aromatic nitrogens is 1. The Morgan fingerprint density at radius 2 is 2.22 bits per heavy atom. The molecule has 0 saturated carbocycles. The summed E-state index contributed by atoms with van der Waals surface area (Å²) in [4.78, 5) is 24.0. The number of aromatic amines is 1. The number of aliphatic hydroxyl groups excluding tert-OH is 1. The fourth-order valence-corrected chi connectivity index (χ4v) is 1.63. The molecule has 3 N–H and O–H groups in total. The van der Waals surface area contributed by atoms with Crippen molar-refractivity contribution in [3.8, 4) is 0 Å². The fraction of sp³-hybridized carbons (Fsp3) is 0.545. The Labute approximate surface area is 104 Å². The van der Waals surface area contributed by atoms with Crippen molar-refractivity contribution in [3.63, 3.8) is 0 Å². The first-order valence-corrected chi connectivity index (χ1v) is 5.69. The number of amides is 1. The van der Waals surface area contributed by atoms with E-state index in [1.54, 1.807) is 0 Å². The third kappa shape index (κ3) is 3.85. The summed E-state index contributed by atoms with van der Waals surface area (Å²) in [5.41, 5.74) is 0.115. The lowest BCUT2D eigenvalue weighted by molar-refractivity contribution is -0.389. The van der Waals surface area contributed by atoms with Crippen LogP contribution in [0.15, 0.2) is 12.1 Å². The molecule has 1 rings (SSSR count). The zero-order valence-electron chi connectivity index (χ0n) is 10.3. The molecule has 1 aromatic rings. The molecule has 7 heteroatoms. The Morgan fingerprint density at radius 1 is 1.56 bits per heavy atom. The van der Waals surface area contributed by atoms with Gasteiger partial charge >= 0.3 is 5.82 Å². The molecule has 1 unspecified atom stereocenters. The van der Waals surface area contributed by atoms with Crippen LogP contribution in [0.5, 0.6) is 0 Å². The first-order chi connectivity index (χ1) is 8.43. The number of hydrogen-bond acceptors (Lipinski definition) is 4. The summed E-state index contributed by atoms with van der Waals surface area (Å²) in [5.74, 6) is -0.354. The van der Waals surface area contributed by atoms with Gasteiger partial charge in [-0.05, 0) is 23.3 Å². The molecular formula is C11H17N3O4. The van der Waals surface area contributed by atoms with Crippen LogP contribution in [0.3, 0.4) is 0 Å². The van der Waals surface area contributed by atoms with Crippen LogP contribution in [0.1, 0.15) is 30.8 Å². The van der Waals surface area contributed by atoms with E-state index in [0.29, 0.717) is 12.3 Å². The van der Waals surface area contributed by atoms with Crippen molar-refractivity contribution in [1.82, 2.24) is 10.3 Å². The Morgan fingerprint density at radius 3 is 2.67 bits per heavy atom. The molecular weight excluding hydrogens is 238 g/mol. The quantitative estimate of drug-likeness (QED) is 0.521. The Balaban J connectivity index is 2.65. The van der Waals surface area contributed by atoms with E-state index in [4.69, 9.17) is 5.11 Å². The number of H-pyrrole nitrogens is 1. The number of rotatable bonds is 6. The molecule has 0 aliphatic rings. The van der Waals surface area contributed by atoms with Crippen molar-refractivity contribution >= 4 is 11.7 Å². The highest BCUT2D eigenvalue weighted by Crippen LogP contribution is 2.11. The highest BCUT2D eigenvalue weighted by atomic mass is 16.6. The van der Waals surface area contributed by atoms with Gasteiger partial charge in [-0.3, -0.25) is 4.79 Å². The van der Waals surface area contributed by atoms with Crippen LogP contribution < -0.4 is 5.32 Å². The van der Waals surface area contributed by atoms with Crippen LogP contribution in [-0.2, 0) is 0 Å². The van der Waals surface area contributed by atoms with E-state index in [1.807, 2.05) is 13.8 Å². The SMILES string of the molecule is CC(C)CC(CO)NC(=O)c1ccc([N+](=O)[O-])[nH]1. The maximum absolute atomic E-state index is 11.8. The van der Waals surface area contributed by atoms with E-state index in [9.17, 15) is 14.9 Å². The van der Waals surface area contributed by atoms with Crippen LogP contribution in [-0.4, -0.2) is 33.6 Å². The van der Waals surface area contributed by atoms with E-state index in [0.717, 1.165) is 0 Å². The molecule has 0 aliphatic heterocycles. The van der Waals surface area contributed by atoms with Gasteiger partial charge in [0, 0.05) is 6.07 Å². The molecule has 0 bridgehead atoms. The normalized spacial score (nSPS) is 12.4. The van der Waals surface area contributed by atoms with Gasteiger partial charge in [-0.1, -0.05) is 13.8 Å². The molecule has 1 amide bonds. The minimum atomic E-state index is -0.603. The maximum Gasteiger partial charge on any atom is 0.321 e. The second-order valence-electron chi connectivity index (χ2n) is 4.50. The Kier molecular flexibility index (Phi) is 4.85. The molecule has 1 aromatic heterocycles. The smallest absolute Gasteiger partial charge is 0.321 e. The predicted molar refractivity (Wildman–Crippen MR) is 65.2 cm³/mol. The minimum Gasteiger partial charge on any atom is -0.394 e. The molecule has 7 nitrogen and oxygen atoms in total. The van der Waals surface area contributed by atoms with Gasteiger partial charge in [0.05, 0.1) is 12.6 Å². The highest BCUT2D eigenvalue weighted by molar-refractivity contribution is 5.93. The molecule has 1 atom stereocenters. The monoisotopic (exact) mass is 255 g/mol. The number of carbonyl (C=O) groups excluding carboxylic acids is 1. The van der Waals surface area contributed by atoms with Crippen LogP contribution in [0.4, 0.5) is 5.82 Å². The summed E-state index contributed by atoms with van der Waals surface area (Å²) < 4.78 is 0. The lowest BCUT2D eigenvalue weighted by Gasteiger charge is -2.17.